The minimum Gasteiger partial charge on any atom is -0.361 e. The summed E-state index contributed by atoms with van der Waals surface area (Å²) in [5.74, 6) is 0. The molecular formula is C18H25N3OS. The van der Waals surface area contributed by atoms with Crippen LogP contribution in [0, 0.1) is 0 Å². The number of anilines is 1. The monoisotopic (exact) mass is 331 g/mol. The van der Waals surface area contributed by atoms with Gasteiger partial charge >= 0.3 is 0 Å². The molecule has 4 nitrogen and oxygen atoms in total. The van der Waals surface area contributed by atoms with Crippen molar-refractivity contribution in [2.24, 2.45) is 0 Å². The molecule has 124 valence electrons. The lowest BCUT2D eigenvalue weighted by Crippen LogP contribution is -2.50. The molecule has 2 unspecified atom stereocenters. The zero-order chi connectivity index (χ0) is 16.2. The molecule has 1 aromatic heterocycles. The Kier molecular flexibility index (Phi) is 5.33. The van der Waals surface area contributed by atoms with Crippen LogP contribution in [0.4, 0.5) is 5.69 Å². The van der Waals surface area contributed by atoms with Gasteiger partial charge < -0.3 is 14.9 Å². The molecule has 2 aromatic rings. The van der Waals surface area contributed by atoms with Gasteiger partial charge in [0, 0.05) is 24.8 Å². The van der Waals surface area contributed by atoms with E-state index in [1.54, 1.807) is 11.3 Å². The number of hydrogen-bond donors (Lipinski definition) is 2. The van der Waals surface area contributed by atoms with Gasteiger partial charge in [0.1, 0.15) is 0 Å². The van der Waals surface area contributed by atoms with Crippen molar-refractivity contribution in [3.63, 3.8) is 0 Å². The maximum Gasteiger partial charge on any atom is 0.184 e. The first kappa shape index (κ1) is 16.5. The Morgan fingerprint density at radius 1 is 1.30 bits per heavy atom. The molecule has 0 bridgehead atoms. The molecule has 5 heteroatoms. The second kappa shape index (κ2) is 7.45. The van der Waals surface area contributed by atoms with E-state index in [4.69, 9.17) is 0 Å². The predicted octanol–water partition coefficient (Wildman–Crippen LogP) is 2.67. The molecule has 0 saturated heterocycles. The lowest BCUT2D eigenvalue weighted by Gasteiger charge is -2.36. The van der Waals surface area contributed by atoms with Gasteiger partial charge in [-0.15, -0.1) is 0 Å². The maximum absolute atomic E-state index is 10.6. The largest absolute Gasteiger partial charge is 0.361 e. The van der Waals surface area contributed by atoms with Gasteiger partial charge in [0.2, 0.25) is 0 Å². The number of likely N-dealkylation sites (N-methyl/N-ethyl adjacent to an activating group) is 1. The number of aryl methyl sites for hydroxylation is 1. The molecule has 2 N–H and O–H groups in total. The number of aliphatic hydroxyl groups is 1. The van der Waals surface area contributed by atoms with Crippen molar-refractivity contribution in [2.75, 3.05) is 32.1 Å². The summed E-state index contributed by atoms with van der Waals surface area (Å²) in [6, 6.07) is 10.8. The molecule has 2 heterocycles. The Morgan fingerprint density at radius 3 is 2.87 bits per heavy atom. The lowest BCUT2D eigenvalue weighted by molar-refractivity contribution is 0.118. The van der Waals surface area contributed by atoms with Crippen LogP contribution in [0.1, 0.15) is 23.6 Å². The molecule has 0 fully saturated rings. The summed E-state index contributed by atoms with van der Waals surface area (Å²) in [6.45, 7) is 1.60. The topological polar surface area (TPSA) is 38.7 Å². The van der Waals surface area contributed by atoms with Gasteiger partial charge in [-0.3, -0.25) is 5.32 Å². The third-order valence-corrected chi connectivity index (χ3v) is 5.19. The third kappa shape index (κ3) is 3.75. The van der Waals surface area contributed by atoms with Crippen molar-refractivity contribution in [2.45, 2.75) is 25.2 Å². The second-order valence-electron chi connectivity index (χ2n) is 6.24. The van der Waals surface area contributed by atoms with E-state index >= 15 is 0 Å². The number of nitrogens with one attached hydrogen (secondary N) is 1. The summed E-state index contributed by atoms with van der Waals surface area (Å²) < 4.78 is 0. The second-order valence-corrected chi connectivity index (χ2v) is 7.02. The molecule has 1 aliphatic rings. The fourth-order valence-corrected chi connectivity index (χ4v) is 3.91. The van der Waals surface area contributed by atoms with E-state index in [1.807, 2.05) is 6.07 Å². The smallest absolute Gasteiger partial charge is 0.184 e. The van der Waals surface area contributed by atoms with E-state index in [9.17, 15) is 5.11 Å². The number of aliphatic hydroxyl groups excluding tert-OH is 1. The molecule has 3 rings (SSSR count). The number of rotatable bonds is 6. The first-order chi connectivity index (χ1) is 11.2. The normalized spacial score (nSPS) is 17.1. The number of fused-ring (bicyclic) bond motifs is 1. The Bertz CT molecular complexity index is 614. The average molecular weight is 331 g/mol. The maximum atomic E-state index is 10.6. The first-order valence-corrected chi connectivity index (χ1v) is 9.05. The zero-order valence-electron chi connectivity index (χ0n) is 13.8. The zero-order valence-corrected chi connectivity index (χ0v) is 14.6. The summed E-state index contributed by atoms with van der Waals surface area (Å²) in [5.41, 5.74) is 3.76. The van der Waals surface area contributed by atoms with Crippen LogP contribution in [-0.2, 0) is 6.42 Å². The van der Waals surface area contributed by atoms with Crippen LogP contribution in [0.2, 0.25) is 0 Å². The molecule has 0 amide bonds. The van der Waals surface area contributed by atoms with Gasteiger partial charge in [-0.1, -0.05) is 18.2 Å². The van der Waals surface area contributed by atoms with E-state index in [0.29, 0.717) is 6.54 Å². The van der Waals surface area contributed by atoms with E-state index < -0.39 is 6.35 Å². The number of para-hydroxylation sites is 1. The fraction of sp³-hybridized carbons (Fsp3) is 0.444. The summed E-state index contributed by atoms with van der Waals surface area (Å²) in [5, 5.41) is 18.2. The van der Waals surface area contributed by atoms with Crippen molar-refractivity contribution in [1.29, 1.82) is 0 Å². The van der Waals surface area contributed by atoms with Crippen molar-refractivity contribution < 1.29 is 5.11 Å². The van der Waals surface area contributed by atoms with Gasteiger partial charge in [-0.2, -0.15) is 11.3 Å². The minimum atomic E-state index is -0.655. The quantitative estimate of drug-likeness (QED) is 0.798. The van der Waals surface area contributed by atoms with Crippen LogP contribution in [0.5, 0.6) is 0 Å². The molecule has 1 aromatic carbocycles. The highest BCUT2D eigenvalue weighted by Gasteiger charge is 2.23. The van der Waals surface area contributed by atoms with Crippen LogP contribution in [0.25, 0.3) is 0 Å². The highest BCUT2D eigenvalue weighted by molar-refractivity contribution is 7.07. The Balaban J connectivity index is 1.67. The van der Waals surface area contributed by atoms with Crippen molar-refractivity contribution in [3.05, 3.63) is 52.2 Å². The van der Waals surface area contributed by atoms with Crippen LogP contribution >= 0.6 is 11.3 Å². The van der Waals surface area contributed by atoms with Gasteiger partial charge in [0.15, 0.2) is 6.35 Å². The van der Waals surface area contributed by atoms with E-state index in [0.717, 1.165) is 25.1 Å². The Hall–Kier alpha value is -1.40. The summed E-state index contributed by atoms with van der Waals surface area (Å²) in [7, 11) is 4.15. The average Bonchev–Trinajstić information content (AvgIpc) is 3.08. The van der Waals surface area contributed by atoms with Crippen LogP contribution in [0.3, 0.4) is 0 Å². The van der Waals surface area contributed by atoms with Crippen molar-refractivity contribution in [3.8, 4) is 0 Å². The van der Waals surface area contributed by atoms with Crippen LogP contribution in [-0.4, -0.2) is 43.5 Å². The molecule has 0 saturated carbocycles. The SMILES string of the molecule is CN(C)C(CNC(O)N1CCCc2ccccc21)c1ccsc1. The van der Waals surface area contributed by atoms with E-state index in [1.165, 1.54) is 11.1 Å². The molecule has 23 heavy (non-hydrogen) atoms. The van der Waals surface area contributed by atoms with E-state index in [-0.39, 0.29) is 6.04 Å². The molecule has 2 atom stereocenters. The van der Waals surface area contributed by atoms with Gasteiger partial charge in [-0.25, -0.2) is 0 Å². The summed E-state index contributed by atoms with van der Waals surface area (Å²) in [6.07, 6.45) is 1.52. The van der Waals surface area contributed by atoms with Crippen molar-refractivity contribution >= 4 is 17.0 Å². The van der Waals surface area contributed by atoms with Gasteiger partial charge in [0.25, 0.3) is 0 Å². The van der Waals surface area contributed by atoms with E-state index in [2.05, 4.69) is 64.2 Å². The standard InChI is InChI=1S/C18H25N3OS/c1-20(2)17(15-9-11-23-13-15)12-19-18(22)21-10-5-7-14-6-3-4-8-16(14)21/h3-4,6,8-9,11,13,17-19,22H,5,7,10,12H2,1-2H3. The fourth-order valence-electron chi connectivity index (χ4n) is 3.21. The number of nitrogens with zero attached hydrogens (tertiary/aromatic N) is 2. The van der Waals surface area contributed by atoms with Crippen molar-refractivity contribution in [1.82, 2.24) is 10.2 Å². The minimum absolute atomic E-state index is 0.260. The molecular weight excluding hydrogens is 306 g/mol. The first-order valence-electron chi connectivity index (χ1n) is 8.11. The molecule has 0 aliphatic carbocycles. The highest BCUT2D eigenvalue weighted by Crippen LogP contribution is 2.27. The Morgan fingerprint density at radius 2 is 2.13 bits per heavy atom. The number of benzene rings is 1. The third-order valence-electron chi connectivity index (χ3n) is 4.49. The molecule has 0 radical (unpaired) electrons. The van der Waals surface area contributed by atoms with Gasteiger partial charge in [-0.05, 0) is 61.0 Å². The highest BCUT2D eigenvalue weighted by atomic mass is 32.1. The van der Waals surface area contributed by atoms with Crippen LogP contribution < -0.4 is 10.2 Å². The molecule has 0 spiro atoms. The van der Waals surface area contributed by atoms with Gasteiger partial charge in [0.05, 0.1) is 0 Å². The Labute approximate surface area is 142 Å². The summed E-state index contributed by atoms with van der Waals surface area (Å²) >= 11 is 1.71. The molecule has 1 aliphatic heterocycles. The van der Waals surface area contributed by atoms with Crippen LogP contribution in [0.15, 0.2) is 41.1 Å². The summed E-state index contributed by atoms with van der Waals surface area (Å²) in [4.78, 5) is 4.26. The number of hydrogen-bond acceptors (Lipinski definition) is 5. The lowest BCUT2D eigenvalue weighted by atomic mass is 10.0. The predicted molar refractivity (Wildman–Crippen MR) is 96.9 cm³/mol. The number of thiophene rings is 1.